The monoisotopic (exact) mass is 501 g/mol. The van der Waals surface area contributed by atoms with E-state index in [0.717, 1.165) is 50.9 Å². The summed E-state index contributed by atoms with van der Waals surface area (Å²) in [4.78, 5) is 30.4. The van der Waals surface area contributed by atoms with Crippen LogP contribution in [0.4, 0.5) is 0 Å². The van der Waals surface area contributed by atoms with Crippen LogP contribution >= 0.6 is 11.6 Å². The highest BCUT2D eigenvalue weighted by molar-refractivity contribution is 6.30. The molecule has 0 saturated carbocycles. The van der Waals surface area contributed by atoms with Crippen molar-refractivity contribution in [3.8, 4) is 5.75 Å². The Bertz CT molecular complexity index is 1020. The summed E-state index contributed by atoms with van der Waals surface area (Å²) in [5, 5.41) is 4.68. The van der Waals surface area contributed by atoms with E-state index in [1.54, 1.807) is 23.1 Å². The topological polar surface area (TPSA) is 75.9 Å². The van der Waals surface area contributed by atoms with Crippen LogP contribution in [-0.4, -0.2) is 59.6 Å². The number of halogens is 1. The lowest BCUT2D eigenvalue weighted by Crippen LogP contribution is -2.51. The zero-order chi connectivity index (χ0) is 24.8. The summed E-state index contributed by atoms with van der Waals surface area (Å²) < 4.78 is 11.6. The van der Waals surface area contributed by atoms with Gasteiger partial charge in [0.05, 0.1) is 12.3 Å². The number of ether oxygens (including phenoxy) is 1. The van der Waals surface area contributed by atoms with Crippen LogP contribution in [0.1, 0.15) is 68.6 Å². The van der Waals surface area contributed by atoms with Crippen LogP contribution in [0.15, 0.2) is 34.9 Å². The standard InChI is InChI=1S/C27H36ClN3O4/c1-20(2)14-22-16-24(35-29-22)26(33)31-13-7-10-27(18-31,17-25(32)30-11-4-3-5-12-30)19-34-23-9-6-8-21(28)15-23/h6,8-9,15-16,20H,3-5,7,10-14,17-19H2,1-2H3. The normalized spacial score (nSPS) is 20.8. The van der Waals surface area contributed by atoms with Gasteiger partial charge >= 0.3 is 0 Å². The van der Waals surface area contributed by atoms with Gasteiger partial charge < -0.3 is 19.1 Å². The smallest absolute Gasteiger partial charge is 0.292 e. The van der Waals surface area contributed by atoms with E-state index >= 15 is 0 Å². The number of rotatable bonds is 8. The van der Waals surface area contributed by atoms with Crippen LogP contribution in [0, 0.1) is 11.3 Å². The molecule has 1 aromatic heterocycles. The zero-order valence-corrected chi connectivity index (χ0v) is 21.6. The molecule has 2 aliphatic rings. The number of aromatic nitrogens is 1. The molecule has 0 radical (unpaired) electrons. The quantitative estimate of drug-likeness (QED) is 0.495. The second-order valence-electron chi connectivity index (χ2n) is 10.5. The van der Waals surface area contributed by atoms with E-state index in [1.165, 1.54) is 6.42 Å². The van der Waals surface area contributed by atoms with Crippen LogP contribution in [-0.2, 0) is 11.2 Å². The maximum atomic E-state index is 13.3. The minimum absolute atomic E-state index is 0.146. The van der Waals surface area contributed by atoms with Crippen LogP contribution in [0.25, 0.3) is 0 Å². The number of benzene rings is 1. The number of amides is 2. The highest BCUT2D eigenvalue weighted by Crippen LogP contribution is 2.36. The molecule has 0 spiro atoms. The Morgan fingerprint density at radius 2 is 1.89 bits per heavy atom. The van der Waals surface area contributed by atoms with Gasteiger partial charge in [0.1, 0.15) is 5.75 Å². The van der Waals surface area contributed by atoms with Gasteiger partial charge in [0.25, 0.3) is 5.91 Å². The van der Waals surface area contributed by atoms with Crippen LogP contribution in [0.3, 0.4) is 0 Å². The van der Waals surface area contributed by atoms with E-state index < -0.39 is 5.41 Å². The molecule has 1 atom stereocenters. The third kappa shape index (κ3) is 6.78. The van der Waals surface area contributed by atoms with Gasteiger partial charge in [-0.25, -0.2) is 0 Å². The molecule has 7 nitrogen and oxygen atoms in total. The van der Waals surface area contributed by atoms with Gasteiger partial charge in [0.15, 0.2) is 0 Å². The third-order valence-electron chi connectivity index (χ3n) is 6.91. The molecule has 4 rings (SSSR count). The number of carbonyl (C=O) groups excluding carboxylic acids is 2. The molecular formula is C27H36ClN3O4. The van der Waals surface area contributed by atoms with Crippen molar-refractivity contribution in [1.29, 1.82) is 0 Å². The summed E-state index contributed by atoms with van der Waals surface area (Å²) in [6, 6.07) is 9.04. The Morgan fingerprint density at radius 1 is 1.11 bits per heavy atom. The van der Waals surface area contributed by atoms with E-state index in [4.69, 9.17) is 20.9 Å². The van der Waals surface area contributed by atoms with E-state index in [9.17, 15) is 9.59 Å². The molecule has 1 aromatic carbocycles. The van der Waals surface area contributed by atoms with Gasteiger partial charge in [-0.15, -0.1) is 0 Å². The van der Waals surface area contributed by atoms with E-state index in [2.05, 4.69) is 19.0 Å². The van der Waals surface area contributed by atoms with Crippen LogP contribution in [0.2, 0.25) is 5.02 Å². The SMILES string of the molecule is CC(C)Cc1cc(C(=O)N2CCCC(COc3cccc(Cl)c3)(CC(=O)N3CCCCC3)C2)on1. The fourth-order valence-electron chi connectivity index (χ4n) is 5.15. The minimum atomic E-state index is -0.481. The molecule has 2 fully saturated rings. The summed E-state index contributed by atoms with van der Waals surface area (Å²) in [5.74, 6) is 1.32. The minimum Gasteiger partial charge on any atom is -0.493 e. The largest absolute Gasteiger partial charge is 0.493 e. The average molecular weight is 502 g/mol. The number of carbonyl (C=O) groups is 2. The predicted octanol–water partition coefficient (Wildman–Crippen LogP) is 5.23. The van der Waals surface area contributed by atoms with Crippen molar-refractivity contribution in [2.75, 3.05) is 32.8 Å². The zero-order valence-electron chi connectivity index (χ0n) is 20.8. The maximum Gasteiger partial charge on any atom is 0.292 e. The van der Waals surface area contributed by atoms with Crippen molar-refractivity contribution >= 4 is 23.4 Å². The fourth-order valence-corrected chi connectivity index (χ4v) is 5.33. The number of hydrogen-bond acceptors (Lipinski definition) is 5. The summed E-state index contributed by atoms with van der Waals surface area (Å²) in [6.45, 7) is 7.23. The first-order valence-corrected chi connectivity index (χ1v) is 13.1. The van der Waals surface area contributed by atoms with Crippen molar-refractivity contribution in [1.82, 2.24) is 15.0 Å². The Balaban J connectivity index is 1.51. The molecule has 35 heavy (non-hydrogen) atoms. The van der Waals surface area contributed by atoms with Crippen molar-refractivity contribution < 1.29 is 18.8 Å². The lowest BCUT2D eigenvalue weighted by molar-refractivity contribution is -0.136. The van der Waals surface area contributed by atoms with Crippen molar-refractivity contribution in [2.45, 2.75) is 58.8 Å². The molecule has 2 amide bonds. The molecule has 8 heteroatoms. The third-order valence-corrected chi connectivity index (χ3v) is 7.15. The Kier molecular flexibility index (Phi) is 8.37. The molecule has 1 unspecified atom stereocenters. The Morgan fingerprint density at radius 3 is 2.63 bits per heavy atom. The molecule has 190 valence electrons. The highest BCUT2D eigenvalue weighted by atomic mass is 35.5. The van der Waals surface area contributed by atoms with Gasteiger partial charge in [-0.3, -0.25) is 9.59 Å². The van der Waals surface area contributed by atoms with Crippen molar-refractivity contribution in [3.63, 3.8) is 0 Å². The lowest BCUT2D eigenvalue weighted by Gasteiger charge is -2.43. The average Bonchev–Trinajstić information content (AvgIpc) is 3.31. The fraction of sp³-hybridized carbons (Fsp3) is 0.593. The lowest BCUT2D eigenvalue weighted by atomic mass is 9.77. The Hall–Kier alpha value is -2.54. The molecule has 0 aliphatic carbocycles. The molecule has 2 saturated heterocycles. The van der Waals surface area contributed by atoms with Gasteiger partial charge in [0, 0.05) is 49.1 Å². The molecule has 2 aromatic rings. The summed E-state index contributed by atoms with van der Waals surface area (Å²) in [7, 11) is 0. The summed E-state index contributed by atoms with van der Waals surface area (Å²) in [5.41, 5.74) is 0.308. The number of piperidine rings is 2. The first-order chi connectivity index (χ1) is 16.8. The van der Waals surface area contributed by atoms with Gasteiger partial charge in [-0.05, 0) is 62.6 Å². The first-order valence-electron chi connectivity index (χ1n) is 12.7. The number of likely N-dealkylation sites (tertiary alicyclic amines) is 2. The van der Waals surface area contributed by atoms with Crippen LogP contribution < -0.4 is 4.74 Å². The molecule has 3 heterocycles. The Labute approximate surface area is 212 Å². The summed E-state index contributed by atoms with van der Waals surface area (Å²) >= 11 is 6.14. The van der Waals surface area contributed by atoms with Gasteiger partial charge in [-0.2, -0.15) is 0 Å². The maximum absolute atomic E-state index is 13.3. The van der Waals surface area contributed by atoms with E-state index in [-0.39, 0.29) is 17.6 Å². The van der Waals surface area contributed by atoms with Gasteiger partial charge in [-0.1, -0.05) is 36.7 Å². The van der Waals surface area contributed by atoms with Crippen molar-refractivity contribution in [2.24, 2.45) is 11.3 Å². The second-order valence-corrected chi connectivity index (χ2v) is 10.9. The summed E-state index contributed by atoms with van der Waals surface area (Å²) in [6.07, 6.45) is 5.99. The molecule has 0 N–H and O–H groups in total. The number of nitrogens with zero attached hydrogens (tertiary/aromatic N) is 3. The molecule has 2 aliphatic heterocycles. The van der Waals surface area contributed by atoms with Crippen molar-refractivity contribution in [3.05, 3.63) is 46.8 Å². The first kappa shape index (κ1) is 25.5. The number of hydrogen-bond donors (Lipinski definition) is 0. The predicted molar refractivity (Wildman–Crippen MR) is 135 cm³/mol. The highest BCUT2D eigenvalue weighted by Gasteiger charge is 2.41. The second kappa shape index (κ2) is 11.5. The molecular weight excluding hydrogens is 466 g/mol. The van der Waals surface area contributed by atoms with E-state index in [0.29, 0.717) is 42.8 Å². The molecule has 0 bridgehead atoms. The van der Waals surface area contributed by atoms with Crippen LogP contribution in [0.5, 0.6) is 5.75 Å². The van der Waals surface area contributed by atoms with Gasteiger partial charge in [0.2, 0.25) is 11.7 Å². The van der Waals surface area contributed by atoms with E-state index in [1.807, 2.05) is 17.0 Å².